The van der Waals surface area contributed by atoms with E-state index in [0.717, 1.165) is 19.4 Å². The van der Waals surface area contributed by atoms with Gasteiger partial charge < -0.3 is 30.8 Å². The van der Waals surface area contributed by atoms with Crippen molar-refractivity contribution in [1.29, 1.82) is 0 Å². The Labute approximate surface area is 163 Å². The van der Waals surface area contributed by atoms with E-state index >= 15 is 0 Å². The van der Waals surface area contributed by atoms with Crippen LogP contribution in [-0.4, -0.2) is 31.2 Å². The highest BCUT2D eigenvalue weighted by molar-refractivity contribution is 6.04. The van der Waals surface area contributed by atoms with E-state index in [1.165, 1.54) is 6.26 Å². The first-order chi connectivity index (χ1) is 12.6. The van der Waals surface area contributed by atoms with Gasteiger partial charge in [0.15, 0.2) is 0 Å². The molecule has 1 aliphatic heterocycles. The molecule has 0 radical (unpaired) electrons. The van der Waals surface area contributed by atoms with Gasteiger partial charge in [-0.3, -0.25) is 4.79 Å². The second-order valence-electron chi connectivity index (χ2n) is 6.01. The average molecular weight is 395 g/mol. The summed E-state index contributed by atoms with van der Waals surface area (Å²) in [5, 5.41) is 8.28. The first-order valence-electron chi connectivity index (χ1n) is 8.49. The van der Waals surface area contributed by atoms with Gasteiger partial charge in [0.1, 0.15) is 12.0 Å². The average Bonchev–Trinajstić information content (AvgIpc) is 3.33. The van der Waals surface area contributed by atoms with Gasteiger partial charge in [-0.25, -0.2) is 4.79 Å². The maximum Gasteiger partial charge on any atom is 0.319 e. The van der Waals surface area contributed by atoms with E-state index < -0.39 is 0 Å². The molecule has 1 atom stereocenters. The van der Waals surface area contributed by atoms with Crippen LogP contribution < -0.4 is 21.7 Å². The minimum Gasteiger partial charge on any atom is -0.467 e. The van der Waals surface area contributed by atoms with Gasteiger partial charge in [-0.2, -0.15) is 0 Å². The van der Waals surface area contributed by atoms with Gasteiger partial charge in [0.2, 0.25) is 0 Å². The molecule has 1 aromatic carbocycles. The molecular formula is C18H23ClN4O4. The molecule has 2 aromatic rings. The number of anilines is 2. The number of furan rings is 1. The predicted octanol–water partition coefficient (Wildman–Crippen LogP) is 2.71. The summed E-state index contributed by atoms with van der Waals surface area (Å²) in [7, 11) is 0. The molecule has 1 saturated heterocycles. The van der Waals surface area contributed by atoms with E-state index in [1.807, 2.05) is 0 Å². The van der Waals surface area contributed by atoms with Gasteiger partial charge in [-0.05, 0) is 43.2 Å². The summed E-state index contributed by atoms with van der Waals surface area (Å²) in [6, 6.07) is 8.15. The van der Waals surface area contributed by atoms with Crippen molar-refractivity contribution in [3.8, 4) is 0 Å². The van der Waals surface area contributed by atoms with Crippen molar-refractivity contribution >= 4 is 35.7 Å². The number of carbonyl (C=O) groups excluding carboxylic acids is 2. The van der Waals surface area contributed by atoms with Gasteiger partial charge in [-0.15, -0.1) is 12.4 Å². The SMILES string of the molecule is Cl.NCc1cc(C(=O)Nc2ccc(NC(=O)NCC3CCCO3)cc2)co1. The lowest BCUT2D eigenvalue weighted by Crippen LogP contribution is -2.35. The van der Waals surface area contributed by atoms with Gasteiger partial charge in [0, 0.05) is 24.5 Å². The quantitative estimate of drug-likeness (QED) is 0.600. The fraction of sp³-hybridized carbons (Fsp3) is 0.333. The van der Waals surface area contributed by atoms with Crippen LogP contribution in [0, 0.1) is 0 Å². The number of hydrogen-bond acceptors (Lipinski definition) is 5. The molecule has 9 heteroatoms. The third-order valence-corrected chi connectivity index (χ3v) is 4.03. The number of amides is 3. The number of nitrogens with one attached hydrogen (secondary N) is 3. The Morgan fingerprint density at radius 3 is 2.44 bits per heavy atom. The molecule has 1 aromatic heterocycles. The fourth-order valence-corrected chi connectivity index (χ4v) is 2.63. The Morgan fingerprint density at radius 1 is 1.15 bits per heavy atom. The molecule has 27 heavy (non-hydrogen) atoms. The summed E-state index contributed by atoms with van der Waals surface area (Å²) >= 11 is 0. The van der Waals surface area contributed by atoms with E-state index in [1.54, 1.807) is 30.3 Å². The van der Waals surface area contributed by atoms with Crippen LogP contribution in [0.1, 0.15) is 29.0 Å². The number of ether oxygens (including phenoxy) is 1. The van der Waals surface area contributed by atoms with Crippen LogP contribution in [0.2, 0.25) is 0 Å². The Morgan fingerprint density at radius 2 is 1.85 bits per heavy atom. The standard InChI is InChI=1S/C18H22N4O4.ClH/c19-9-16-8-12(11-26-16)17(23)21-13-3-5-14(6-4-13)22-18(24)20-10-15-2-1-7-25-15;/h3-6,8,11,15H,1-2,7,9-10,19H2,(H,21,23)(H2,20,22,24);1H. The molecule has 146 valence electrons. The first kappa shape index (κ1) is 20.8. The zero-order valence-electron chi connectivity index (χ0n) is 14.7. The van der Waals surface area contributed by atoms with Crippen LogP contribution in [0.25, 0.3) is 0 Å². The first-order valence-corrected chi connectivity index (χ1v) is 8.49. The van der Waals surface area contributed by atoms with Crippen LogP contribution >= 0.6 is 12.4 Å². The number of hydrogen-bond donors (Lipinski definition) is 4. The molecule has 1 unspecified atom stereocenters. The molecule has 0 aliphatic carbocycles. The van der Waals surface area contributed by atoms with Crippen molar-refractivity contribution in [3.63, 3.8) is 0 Å². The van der Waals surface area contributed by atoms with Crippen molar-refractivity contribution in [2.45, 2.75) is 25.5 Å². The van der Waals surface area contributed by atoms with E-state index in [-0.39, 0.29) is 37.0 Å². The summed E-state index contributed by atoms with van der Waals surface area (Å²) in [6.07, 6.45) is 3.47. The second-order valence-corrected chi connectivity index (χ2v) is 6.01. The van der Waals surface area contributed by atoms with Crippen LogP contribution in [0.3, 0.4) is 0 Å². The van der Waals surface area contributed by atoms with E-state index in [9.17, 15) is 9.59 Å². The maximum absolute atomic E-state index is 12.1. The molecule has 0 bridgehead atoms. The summed E-state index contributed by atoms with van der Waals surface area (Å²) < 4.78 is 10.6. The number of nitrogens with two attached hydrogens (primary N) is 1. The van der Waals surface area contributed by atoms with Gasteiger partial charge in [0.25, 0.3) is 5.91 Å². The normalized spacial score (nSPS) is 15.7. The molecule has 1 aliphatic rings. The molecule has 0 saturated carbocycles. The third kappa shape index (κ3) is 5.99. The highest BCUT2D eigenvalue weighted by Gasteiger charge is 2.16. The lowest BCUT2D eigenvalue weighted by molar-refractivity contribution is 0.102. The van der Waals surface area contributed by atoms with Crippen molar-refractivity contribution < 1.29 is 18.7 Å². The van der Waals surface area contributed by atoms with Crippen LogP contribution in [0.15, 0.2) is 41.0 Å². The highest BCUT2D eigenvalue weighted by Crippen LogP contribution is 2.16. The van der Waals surface area contributed by atoms with Gasteiger partial charge in [-0.1, -0.05) is 0 Å². The van der Waals surface area contributed by atoms with Crippen LogP contribution in [0.4, 0.5) is 16.2 Å². The molecule has 3 rings (SSSR count). The van der Waals surface area contributed by atoms with Crippen molar-refractivity contribution in [2.24, 2.45) is 5.73 Å². The van der Waals surface area contributed by atoms with E-state index in [0.29, 0.717) is 29.2 Å². The molecule has 2 heterocycles. The summed E-state index contributed by atoms with van der Waals surface area (Å²) in [5.41, 5.74) is 7.09. The smallest absolute Gasteiger partial charge is 0.319 e. The predicted molar refractivity (Wildman–Crippen MR) is 104 cm³/mol. The topological polar surface area (TPSA) is 119 Å². The molecule has 3 amide bonds. The number of urea groups is 1. The molecule has 5 N–H and O–H groups in total. The van der Waals surface area contributed by atoms with Crippen molar-refractivity contribution in [3.05, 3.63) is 47.9 Å². The molecule has 1 fully saturated rings. The fourth-order valence-electron chi connectivity index (χ4n) is 2.63. The number of benzene rings is 1. The summed E-state index contributed by atoms with van der Waals surface area (Å²) in [4.78, 5) is 24.0. The zero-order valence-corrected chi connectivity index (χ0v) is 15.5. The number of rotatable bonds is 6. The third-order valence-electron chi connectivity index (χ3n) is 4.03. The Bertz CT molecular complexity index is 757. The minimum absolute atomic E-state index is 0. The lowest BCUT2D eigenvalue weighted by Gasteiger charge is -2.12. The Hall–Kier alpha value is -2.55. The highest BCUT2D eigenvalue weighted by atomic mass is 35.5. The van der Waals surface area contributed by atoms with Gasteiger partial charge in [0.05, 0.1) is 18.2 Å². The van der Waals surface area contributed by atoms with Gasteiger partial charge >= 0.3 is 6.03 Å². The zero-order chi connectivity index (χ0) is 18.4. The summed E-state index contributed by atoms with van der Waals surface area (Å²) in [5.74, 6) is 0.257. The lowest BCUT2D eigenvalue weighted by atomic mass is 10.2. The Balaban J connectivity index is 0.00000261. The largest absolute Gasteiger partial charge is 0.467 e. The Kier molecular flexibility index (Phi) is 7.66. The molecule has 0 spiro atoms. The van der Waals surface area contributed by atoms with Crippen molar-refractivity contribution in [1.82, 2.24) is 5.32 Å². The van der Waals surface area contributed by atoms with E-state index in [2.05, 4.69) is 16.0 Å². The van der Waals surface area contributed by atoms with Crippen molar-refractivity contribution in [2.75, 3.05) is 23.8 Å². The molecule has 8 nitrogen and oxygen atoms in total. The van der Waals surface area contributed by atoms with Crippen LogP contribution in [-0.2, 0) is 11.3 Å². The monoisotopic (exact) mass is 394 g/mol. The number of carbonyl (C=O) groups is 2. The molecular weight excluding hydrogens is 372 g/mol. The van der Waals surface area contributed by atoms with Crippen LogP contribution in [0.5, 0.6) is 0 Å². The second kappa shape index (κ2) is 9.96. The minimum atomic E-state index is -0.288. The van der Waals surface area contributed by atoms with E-state index in [4.69, 9.17) is 14.9 Å². The summed E-state index contributed by atoms with van der Waals surface area (Å²) in [6.45, 7) is 1.49. The number of halogens is 1. The maximum atomic E-state index is 12.1.